The molecule has 0 amide bonds. The van der Waals surface area contributed by atoms with Crippen molar-refractivity contribution in [3.8, 4) is 11.6 Å². The normalized spacial score (nSPS) is 14.3. The number of aliphatic imine (C=N–C) groups is 1. The molecular formula is C18H11BrN2OS2. The summed E-state index contributed by atoms with van der Waals surface area (Å²) >= 11 is 10.3. The van der Waals surface area contributed by atoms with E-state index in [0.717, 1.165) is 27.0 Å². The largest absolute Gasteiger partial charge is 0.493 e. The Kier molecular flexibility index (Phi) is 3.96. The summed E-state index contributed by atoms with van der Waals surface area (Å²) in [6.07, 6.45) is 3.74. The minimum absolute atomic E-state index is 0.141. The Morgan fingerprint density at radius 2 is 1.88 bits per heavy atom. The quantitative estimate of drug-likeness (QED) is 0.522. The summed E-state index contributed by atoms with van der Waals surface area (Å²) < 4.78 is 3.14. The van der Waals surface area contributed by atoms with E-state index in [1.807, 2.05) is 60.8 Å². The molecule has 0 unspecified atom stereocenters. The lowest BCUT2D eigenvalue weighted by Gasteiger charge is -2.06. The third-order valence-electron chi connectivity index (χ3n) is 3.75. The van der Waals surface area contributed by atoms with Crippen LogP contribution in [0, 0.1) is 3.95 Å². The predicted molar refractivity (Wildman–Crippen MR) is 106 cm³/mol. The summed E-state index contributed by atoms with van der Waals surface area (Å²) in [5.74, 6) is 0.141. The van der Waals surface area contributed by atoms with Crippen molar-refractivity contribution in [2.24, 2.45) is 4.99 Å². The topological polar surface area (TPSA) is 37.5 Å². The lowest BCUT2D eigenvalue weighted by Crippen LogP contribution is -1.94. The van der Waals surface area contributed by atoms with E-state index in [1.54, 1.807) is 4.57 Å². The van der Waals surface area contributed by atoms with Gasteiger partial charge in [0.2, 0.25) is 5.88 Å². The maximum Gasteiger partial charge on any atom is 0.215 e. The smallest absolute Gasteiger partial charge is 0.215 e. The number of halogens is 1. The summed E-state index contributed by atoms with van der Waals surface area (Å²) in [5.41, 5.74) is 3.79. The molecule has 2 aromatic carbocycles. The first-order valence-corrected chi connectivity index (χ1v) is 9.22. The van der Waals surface area contributed by atoms with Gasteiger partial charge in [-0.3, -0.25) is 9.56 Å². The zero-order chi connectivity index (χ0) is 16.7. The molecule has 3 nitrogen and oxygen atoms in total. The van der Waals surface area contributed by atoms with Gasteiger partial charge >= 0.3 is 0 Å². The van der Waals surface area contributed by atoms with Crippen LogP contribution in [0.15, 0.2) is 58.0 Å². The minimum atomic E-state index is 0.141. The molecule has 4 rings (SSSR count). The molecule has 0 fully saturated rings. The summed E-state index contributed by atoms with van der Waals surface area (Å²) in [7, 11) is 0. The van der Waals surface area contributed by atoms with Crippen LogP contribution >= 0.6 is 39.5 Å². The fourth-order valence-electron chi connectivity index (χ4n) is 2.62. The van der Waals surface area contributed by atoms with Gasteiger partial charge in [-0.1, -0.05) is 30.3 Å². The summed E-state index contributed by atoms with van der Waals surface area (Å²) in [6.45, 7) is 0. The van der Waals surface area contributed by atoms with E-state index in [4.69, 9.17) is 12.2 Å². The van der Waals surface area contributed by atoms with Crippen molar-refractivity contribution in [2.75, 3.05) is 0 Å². The van der Waals surface area contributed by atoms with Crippen molar-refractivity contribution < 1.29 is 5.11 Å². The van der Waals surface area contributed by atoms with Gasteiger partial charge in [-0.15, -0.1) is 11.3 Å². The molecular weight excluding hydrogens is 404 g/mol. The summed E-state index contributed by atoms with van der Waals surface area (Å²) in [6, 6.07) is 15.6. The monoisotopic (exact) mass is 414 g/mol. The maximum absolute atomic E-state index is 10.7. The van der Waals surface area contributed by atoms with Gasteiger partial charge in [0.05, 0.1) is 16.3 Å². The number of hydrogen-bond acceptors (Lipinski definition) is 4. The molecule has 0 saturated carbocycles. The highest BCUT2D eigenvalue weighted by atomic mass is 79.9. The Labute approximate surface area is 156 Å². The van der Waals surface area contributed by atoms with Gasteiger partial charge in [0.25, 0.3) is 0 Å². The van der Waals surface area contributed by atoms with Crippen molar-refractivity contribution in [1.82, 2.24) is 4.57 Å². The van der Waals surface area contributed by atoms with Crippen molar-refractivity contribution in [3.63, 3.8) is 0 Å². The van der Waals surface area contributed by atoms with Gasteiger partial charge in [0.1, 0.15) is 0 Å². The van der Waals surface area contributed by atoms with E-state index in [1.165, 1.54) is 11.3 Å². The fraction of sp³-hybridized carbons (Fsp3) is 0. The Morgan fingerprint density at radius 3 is 2.71 bits per heavy atom. The fourth-order valence-corrected chi connectivity index (χ4v) is 4.37. The third-order valence-corrected chi connectivity index (χ3v) is 5.73. The first-order chi connectivity index (χ1) is 11.6. The van der Waals surface area contributed by atoms with Crippen LogP contribution in [-0.4, -0.2) is 15.9 Å². The lowest BCUT2D eigenvalue weighted by molar-refractivity contribution is 0.441. The molecule has 2 heterocycles. The highest BCUT2D eigenvalue weighted by molar-refractivity contribution is 9.10. The van der Waals surface area contributed by atoms with E-state index in [9.17, 15) is 5.11 Å². The maximum atomic E-state index is 10.7. The number of aromatic nitrogens is 1. The molecule has 118 valence electrons. The molecule has 1 aliphatic rings. The standard InChI is InChI=1S/C18H11BrN2OS2/c19-13-6-2-4-8-15(13)21-17(22)16(24-18(21)23)9-11-10-20-14-7-3-1-5-12(11)14/h1-10,22H/b11-9+. The molecule has 0 atom stereocenters. The molecule has 1 N–H and O–H groups in total. The van der Waals surface area contributed by atoms with E-state index in [2.05, 4.69) is 20.9 Å². The number of thiazole rings is 1. The van der Waals surface area contributed by atoms with Crippen LogP contribution in [-0.2, 0) is 0 Å². The molecule has 1 aliphatic heterocycles. The second-order valence-corrected chi connectivity index (χ2v) is 7.75. The van der Waals surface area contributed by atoms with E-state index in [0.29, 0.717) is 8.83 Å². The van der Waals surface area contributed by atoms with Gasteiger partial charge in [0, 0.05) is 21.8 Å². The number of hydrogen-bond donors (Lipinski definition) is 1. The summed E-state index contributed by atoms with van der Waals surface area (Å²) in [5, 5.41) is 10.7. The Morgan fingerprint density at radius 1 is 1.12 bits per heavy atom. The number of nitrogens with zero attached hydrogens (tertiary/aromatic N) is 2. The first-order valence-electron chi connectivity index (χ1n) is 7.20. The highest BCUT2D eigenvalue weighted by Gasteiger charge is 2.16. The molecule has 0 spiro atoms. The molecule has 0 bridgehead atoms. The lowest BCUT2D eigenvalue weighted by atomic mass is 10.1. The van der Waals surface area contributed by atoms with Gasteiger partial charge in [-0.2, -0.15) is 0 Å². The van der Waals surface area contributed by atoms with Crippen LogP contribution in [0.1, 0.15) is 10.4 Å². The highest BCUT2D eigenvalue weighted by Crippen LogP contribution is 2.37. The van der Waals surface area contributed by atoms with Crippen LogP contribution in [0.4, 0.5) is 5.69 Å². The predicted octanol–water partition coefficient (Wildman–Crippen LogP) is 5.99. The number of allylic oxidation sites excluding steroid dienone is 1. The van der Waals surface area contributed by atoms with Crippen molar-refractivity contribution in [3.05, 3.63) is 67.4 Å². The second kappa shape index (κ2) is 6.12. The molecule has 0 radical (unpaired) electrons. The molecule has 1 aromatic heterocycles. The van der Waals surface area contributed by atoms with Crippen LogP contribution in [0.5, 0.6) is 5.88 Å². The molecule has 0 aliphatic carbocycles. The summed E-state index contributed by atoms with van der Waals surface area (Å²) in [4.78, 5) is 5.11. The first kappa shape index (κ1) is 15.5. The average molecular weight is 415 g/mol. The number of aromatic hydroxyl groups is 1. The van der Waals surface area contributed by atoms with Crippen molar-refractivity contribution >= 4 is 63.0 Å². The van der Waals surface area contributed by atoms with Crippen LogP contribution in [0.3, 0.4) is 0 Å². The zero-order valence-electron chi connectivity index (χ0n) is 12.3. The Balaban J connectivity index is 1.84. The van der Waals surface area contributed by atoms with Crippen molar-refractivity contribution in [2.45, 2.75) is 0 Å². The van der Waals surface area contributed by atoms with Crippen LogP contribution in [0.25, 0.3) is 17.3 Å². The average Bonchev–Trinajstić information content (AvgIpc) is 3.11. The van der Waals surface area contributed by atoms with Crippen molar-refractivity contribution in [1.29, 1.82) is 0 Å². The van der Waals surface area contributed by atoms with Crippen LogP contribution in [0.2, 0.25) is 0 Å². The number of para-hydroxylation sites is 2. The van der Waals surface area contributed by atoms with Gasteiger partial charge in [-0.25, -0.2) is 0 Å². The molecule has 0 saturated heterocycles. The van der Waals surface area contributed by atoms with E-state index >= 15 is 0 Å². The van der Waals surface area contributed by atoms with Gasteiger partial charge in [0.15, 0.2) is 3.95 Å². The van der Waals surface area contributed by atoms with Gasteiger partial charge in [-0.05, 0) is 52.4 Å². The van der Waals surface area contributed by atoms with Crippen LogP contribution < -0.4 is 0 Å². The number of fused-ring (bicyclic) bond motifs is 1. The van der Waals surface area contributed by atoms with Gasteiger partial charge < -0.3 is 5.11 Å². The molecule has 6 heteroatoms. The number of rotatable bonds is 2. The van der Waals surface area contributed by atoms with E-state index < -0.39 is 0 Å². The third kappa shape index (κ3) is 2.56. The SMILES string of the molecule is Oc1c(/C=C2\C=Nc3ccccc32)sc(=S)n1-c1ccccc1Br. The number of benzene rings is 2. The van der Waals surface area contributed by atoms with E-state index in [-0.39, 0.29) is 5.88 Å². The molecule has 3 aromatic rings. The Bertz CT molecular complexity index is 1060. The second-order valence-electron chi connectivity index (χ2n) is 5.22. The minimum Gasteiger partial charge on any atom is -0.493 e. The zero-order valence-corrected chi connectivity index (χ0v) is 15.5. The Hall–Kier alpha value is -2.02. The molecule has 24 heavy (non-hydrogen) atoms.